The van der Waals surface area contributed by atoms with Crippen molar-refractivity contribution in [1.82, 2.24) is 0 Å². The van der Waals surface area contributed by atoms with Crippen molar-refractivity contribution < 1.29 is 0 Å². The summed E-state index contributed by atoms with van der Waals surface area (Å²) in [6.45, 7) is 12.7. The van der Waals surface area contributed by atoms with Crippen LogP contribution in [-0.4, -0.2) is 0 Å². The molecule has 0 amide bonds. The molecule has 0 aliphatic heterocycles. The van der Waals surface area contributed by atoms with Gasteiger partial charge in [0.25, 0.3) is 0 Å². The molecule has 1 aliphatic carbocycles. The summed E-state index contributed by atoms with van der Waals surface area (Å²) in [7, 11) is 0. The van der Waals surface area contributed by atoms with Crippen LogP contribution in [0.4, 0.5) is 0 Å². The number of fused-ring (bicyclic) bond motifs is 1. The highest BCUT2D eigenvalue weighted by atomic mass is 14.4. The molecule has 0 heterocycles. The zero-order chi connectivity index (χ0) is 12.6. The Morgan fingerprint density at radius 2 is 1.88 bits per heavy atom. The van der Waals surface area contributed by atoms with Gasteiger partial charge >= 0.3 is 0 Å². The van der Waals surface area contributed by atoms with Crippen LogP contribution in [0.3, 0.4) is 0 Å². The minimum atomic E-state index is 0.102. The largest absolute Gasteiger partial charge is 0.0991 e. The lowest BCUT2D eigenvalue weighted by Gasteiger charge is -2.23. The molecule has 0 aromatic heterocycles. The van der Waals surface area contributed by atoms with Crippen molar-refractivity contribution in [1.29, 1.82) is 0 Å². The maximum absolute atomic E-state index is 3.75. The van der Waals surface area contributed by atoms with Crippen LogP contribution in [0.25, 0.3) is 5.57 Å². The van der Waals surface area contributed by atoms with Gasteiger partial charge in [0.1, 0.15) is 0 Å². The van der Waals surface area contributed by atoms with Gasteiger partial charge in [-0.3, -0.25) is 0 Å². The van der Waals surface area contributed by atoms with E-state index >= 15 is 0 Å². The summed E-state index contributed by atoms with van der Waals surface area (Å²) < 4.78 is 0. The average Bonchev–Trinajstić information content (AvgIpc) is 2.45. The number of benzene rings is 1. The lowest BCUT2D eigenvalue weighted by molar-refractivity contribution is 0.653. The first-order valence-electron chi connectivity index (χ1n) is 6.10. The van der Waals surface area contributed by atoms with E-state index in [0.29, 0.717) is 0 Å². The molecular weight excluding hydrogens is 204 g/mol. The number of rotatable bonds is 2. The second kappa shape index (κ2) is 4.03. The molecule has 0 atom stereocenters. The predicted molar refractivity (Wildman–Crippen MR) is 76.1 cm³/mol. The summed E-state index contributed by atoms with van der Waals surface area (Å²) in [5.74, 6) is 0. The second-order valence-corrected chi connectivity index (χ2v) is 5.31. The maximum atomic E-state index is 3.75. The van der Waals surface area contributed by atoms with E-state index in [0.717, 1.165) is 0 Å². The zero-order valence-corrected chi connectivity index (χ0v) is 11.2. The van der Waals surface area contributed by atoms with E-state index in [4.69, 9.17) is 0 Å². The van der Waals surface area contributed by atoms with E-state index in [1.54, 1.807) is 0 Å². The van der Waals surface area contributed by atoms with Crippen LogP contribution in [-0.2, 0) is 5.41 Å². The van der Waals surface area contributed by atoms with E-state index in [1.165, 1.54) is 27.8 Å². The Morgan fingerprint density at radius 1 is 1.18 bits per heavy atom. The summed E-state index contributed by atoms with van der Waals surface area (Å²) in [6, 6.07) is 6.75. The van der Waals surface area contributed by atoms with Crippen molar-refractivity contribution >= 4 is 5.57 Å². The molecule has 0 saturated heterocycles. The van der Waals surface area contributed by atoms with Gasteiger partial charge in [-0.05, 0) is 36.1 Å². The highest BCUT2D eigenvalue weighted by Crippen LogP contribution is 2.46. The first-order valence-corrected chi connectivity index (χ1v) is 6.10. The fourth-order valence-corrected chi connectivity index (χ4v) is 2.76. The number of allylic oxidation sites excluding steroid dienone is 5. The van der Waals surface area contributed by atoms with Crippen molar-refractivity contribution in [2.45, 2.75) is 33.1 Å². The third-order valence-corrected chi connectivity index (χ3v) is 3.73. The van der Waals surface area contributed by atoms with Crippen LogP contribution >= 0.6 is 0 Å². The Bertz CT molecular complexity index is 525. The van der Waals surface area contributed by atoms with Crippen molar-refractivity contribution in [3.05, 3.63) is 65.3 Å². The van der Waals surface area contributed by atoms with E-state index < -0.39 is 0 Å². The molecular formula is C17H20. The monoisotopic (exact) mass is 224 g/mol. The van der Waals surface area contributed by atoms with E-state index in [1.807, 2.05) is 12.2 Å². The Kier molecular flexibility index (Phi) is 2.82. The molecule has 0 bridgehead atoms. The van der Waals surface area contributed by atoms with Crippen molar-refractivity contribution in [3.8, 4) is 0 Å². The maximum Gasteiger partial charge on any atom is 0.0155 e. The van der Waals surface area contributed by atoms with Crippen LogP contribution in [0.2, 0.25) is 0 Å². The van der Waals surface area contributed by atoms with Gasteiger partial charge in [-0.1, -0.05) is 62.4 Å². The quantitative estimate of drug-likeness (QED) is 0.633. The van der Waals surface area contributed by atoms with Gasteiger partial charge < -0.3 is 0 Å². The normalized spacial score (nSPS) is 17.6. The van der Waals surface area contributed by atoms with Gasteiger partial charge in [-0.25, -0.2) is 0 Å². The SMILES string of the molecule is C=C/C=C\C1=C(C)c2ccc(C)cc2C1(C)C. The van der Waals surface area contributed by atoms with Crippen LogP contribution in [0.1, 0.15) is 37.5 Å². The van der Waals surface area contributed by atoms with Crippen molar-refractivity contribution in [2.75, 3.05) is 0 Å². The first kappa shape index (κ1) is 11.9. The molecule has 0 unspecified atom stereocenters. The highest BCUT2D eigenvalue weighted by Gasteiger charge is 2.34. The van der Waals surface area contributed by atoms with Gasteiger partial charge in [-0.15, -0.1) is 0 Å². The van der Waals surface area contributed by atoms with Gasteiger partial charge in [0.2, 0.25) is 0 Å². The molecule has 0 spiro atoms. The average molecular weight is 224 g/mol. The van der Waals surface area contributed by atoms with Crippen LogP contribution in [0, 0.1) is 6.92 Å². The van der Waals surface area contributed by atoms with E-state index in [-0.39, 0.29) is 5.41 Å². The molecule has 2 rings (SSSR count). The topological polar surface area (TPSA) is 0 Å². The molecule has 0 heteroatoms. The van der Waals surface area contributed by atoms with Crippen molar-refractivity contribution in [3.63, 3.8) is 0 Å². The molecule has 1 aromatic carbocycles. The highest BCUT2D eigenvalue weighted by molar-refractivity contribution is 5.81. The summed E-state index contributed by atoms with van der Waals surface area (Å²) in [5.41, 5.74) is 7.06. The Morgan fingerprint density at radius 3 is 2.53 bits per heavy atom. The lowest BCUT2D eigenvalue weighted by Crippen LogP contribution is -2.16. The summed E-state index contributed by atoms with van der Waals surface area (Å²) >= 11 is 0. The molecule has 88 valence electrons. The molecule has 0 fully saturated rings. The van der Waals surface area contributed by atoms with Crippen LogP contribution in [0.15, 0.2) is 48.6 Å². The third kappa shape index (κ3) is 1.78. The van der Waals surface area contributed by atoms with Crippen LogP contribution in [0.5, 0.6) is 0 Å². The van der Waals surface area contributed by atoms with Crippen LogP contribution < -0.4 is 0 Å². The Hall–Kier alpha value is -1.56. The summed E-state index contributed by atoms with van der Waals surface area (Å²) in [5, 5.41) is 0. The van der Waals surface area contributed by atoms with Gasteiger partial charge in [0.05, 0.1) is 0 Å². The molecule has 0 saturated carbocycles. The van der Waals surface area contributed by atoms with Gasteiger partial charge in [0, 0.05) is 5.41 Å². The standard InChI is InChI=1S/C17H20/c1-6-7-8-15-13(3)14-10-9-12(2)11-16(14)17(15,4)5/h6-11H,1H2,2-5H3/b8-7-. The van der Waals surface area contributed by atoms with Gasteiger partial charge in [-0.2, -0.15) is 0 Å². The third-order valence-electron chi connectivity index (χ3n) is 3.73. The van der Waals surface area contributed by atoms with E-state index in [9.17, 15) is 0 Å². The smallest absolute Gasteiger partial charge is 0.0155 e. The fourth-order valence-electron chi connectivity index (χ4n) is 2.76. The number of hydrogen-bond acceptors (Lipinski definition) is 0. The number of hydrogen-bond donors (Lipinski definition) is 0. The molecule has 0 nitrogen and oxygen atoms in total. The molecule has 0 N–H and O–H groups in total. The minimum absolute atomic E-state index is 0.102. The first-order chi connectivity index (χ1) is 7.98. The number of aryl methyl sites for hydroxylation is 1. The molecule has 1 aromatic rings. The Labute approximate surface area is 104 Å². The summed E-state index contributed by atoms with van der Waals surface area (Å²) in [6.07, 6.45) is 6.06. The summed E-state index contributed by atoms with van der Waals surface area (Å²) in [4.78, 5) is 0. The zero-order valence-electron chi connectivity index (χ0n) is 11.2. The molecule has 0 radical (unpaired) electrons. The van der Waals surface area contributed by atoms with E-state index in [2.05, 4.69) is 58.5 Å². The van der Waals surface area contributed by atoms with Gasteiger partial charge in [0.15, 0.2) is 0 Å². The lowest BCUT2D eigenvalue weighted by atomic mass is 9.80. The predicted octanol–water partition coefficient (Wildman–Crippen LogP) is 4.80. The Balaban J connectivity index is 2.63. The minimum Gasteiger partial charge on any atom is -0.0991 e. The fraction of sp³-hybridized carbons (Fsp3) is 0.294. The van der Waals surface area contributed by atoms with Crippen molar-refractivity contribution in [2.24, 2.45) is 0 Å². The molecule has 17 heavy (non-hydrogen) atoms. The second-order valence-electron chi connectivity index (χ2n) is 5.31. The molecule has 1 aliphatic rings.